The molecule has 4 heteroatoms. The zero-order valence-corrected chi connectivity index (χ0v) is 10.3. The second-order valence-corrected chi connectivity index (χ2v) is 2.65. The molecule has 0 spiro atoms. The largest absolute Gasteiger partial charge is 1.00 e. The summed E-state index contributed by atoms with van der Waals surface area (Å²) >= 11 is 0. The van der Waals surface area contributed by atoms with E-state index >= 15 is 0 Å². The molecule has 0 unspecified atom stereocenters. The Kier molecular flexibility index (Phi) is 6.11. The maximum Gasteiger partial charge on any atom is 0.330 e. The molecular formula is C10H12INO2. The van der Waals surface area contributed by atoms with Crippen LogP contribution in [0.3, 0.4) is 0 Å². The Morgan fingerprint density at radius 2 is 2.00 bits per heavy atom. The van der Waals surface area contributed by atoms with Crippen LogP contribution in [0.15, 0.2) is 30.6 Å². The maximum absolute atomic E-state index is 10.7. The van der Waals surface area contributed by atoms with Crippen molar-refractivity contribution in [3.8, 4) is 0 Å². The van der Waals surface area contributed by atoms with E-state index in [1.165, 1.54) is 13.2 Å². The normalized spacial score (nSPS) is 9.57. The van der Waals surface area contributed by atoms with Crippen LogP contribution in [0.1, 0.15) is 5.56 Å². The van der Waals surface area contributed by atoms with Gasteiger partial charge in [-0.25, -0.2) is 9.36 Å². The number of rotatable bonds is 2. The number of methoxy groups -OCH3 is 1. The molecule has 0 fully saturated rings. The number of aromatic nitrogens is 1. The number of carbonyl (C=O) groups excluding carboxylic acids is 1. The molecular weight excluding hydrogens is 293 g/mol. The van der Waals surface area contributed by atoms with E-state index in [4.69, 9.17) is 0 Å². The van der Waals surface area contributed by atoms with Gasteiger partial charge in [0.2, 0.25) is 0 Å². The molecule has 76 valence electrons. The molecule has 0 saturated heterocycles. The summed E-state index contributed by atoms with van der Waals surface area (Å²) in [7, 11) is 3.30. The molecule has 0 atom stereocenters. The molecule has 1 heterocycles. The van der Waals surface area contributed by atoms with E-state index in [9.17, 15) is 4.79 Å². The summed E-state index contributed by atoms with van der Waals surface area (Å²) in [4.78, 5) is 10.7. The minimum atomic E-state index is -0.340. The van der Waals surface area contributed by atoms with Gasteiger partial charge in [0, 0.05) is 18.2 Å². The average molecular weight is 305 g/mol. The van der Waals surface area contributed by atoms with Crippen molar-refractivity contribution in [2.75, 3.05) is 7.11 Å². The van der Waals surface area contributed by atoms with Crippen molar-refractivity contribution in [3.63, 3.8) is 0 Å². The van der Waals surface area contributed by atoms with Gasteiger partial charge in [-0.15, -0.1) is 0 Å². The van der Waals surface area contributed by atoms with Gasteiger partial charge in [0.15, 0.2) is 12.4 Å². The summed E-state index contributed by atoms with van der Waals surface area (Å²) in [5.74, 6) is -0.340. The van der Waals surface area contributed by atoms with Crippen LogP contribution in [0.5, 0.6) is 0 Å². The molecule has 1 aromatic heterocycles. The van der Waals surface area contributed by atoms with Crippen molar-refractivity contribution in [2.45, 2.75) is 0 Å². The molecule has 0 N–H and O–H groups in total. The summed E-state index contributed by atoms with van der Waals surface area (Å²) in [6.07, 6.45) is 6.94. The zero-order chi connectivity index (χ0) is 9.68. The number of carbonyl (C=O) groups is 1. The number of halogens is 1. The lowest BCUT2D eigenvalue weighted by atomic mass is 10.2. The zero-order valence-electron chi connectivity index (χ0n) is 8.11. The lowest BCUT2D eigenvalue weighted by Crippen LogP contribution is -3.00. The Bertz CT molecular complexity index is 319. The highest BCUT2D eigenvalue weighted by Gasteiger charge is 1.93. The van der Waals surface area contributed by atoms with E-state index in [1.54, 1.807) is 6.08 Å². The fourth-order valence-corrected chi connectivity index (χ4v) is 0.856. The minimum Gasteiger partial charge on any atom is -1.00 e. The van der Waals surface area contributed by atoms with Crippen LogP contribution in [-0.4, -0.2) is 13.1 Å². The maximum atomic E-state index is 10.7. The number of esters is 1. The highest BCUT2D eigenvalue weighted by atomic mass is 127. The van der Waals surface area contributed by atoms with Crippen molar-refractivity contribution in [1.82, 2.24) is 0 Å². The molecule has 0 aliphatic rings. The lowest BCUT2D eigenvalue weighted by molar-refractivity contribution is -0.671. The number of aryl methyl sites for hydroxylation is 1. The van der Waals surface area contributed by atoms with Crippen LogP contribution in [0.25, 0.3) is 6.08 Å². The first-order chi connectivity index (χ1) is 6.22. The van der Waals surface area contributed by atoms with E-state index in [0.29, 0.717) is 0 Å². The summed E-state index contributed by atoms with van der Waals surface area (Å²) in [6.45, 7) is 0. The average Bonchev–Trinajstić information content (AvgIpc) is 2.16. The Balaban J connectivity index is 0.00000169. The summed E-state index contributed by atoms with van der Waals surface area (Å²) in [5.41, 5.74) is 0.975. The van der Waals surface area contributed by atoms with Crippen LogP contribution < -0.4 is 28.5 Å². The van der Waals surface area contributed by atoms with E-state index in [1.807, 2.05) is 36.1 Å². The Morgan fingerprint density at radius 3 is 2.50 bits per heavy atom. The van der Waals surface area contributed by atoms with Crippen molar-refractivity contribution < 1.29 is 38.1 Å². The predicted octanol–water partition coefficient (Wildman–Crippen LogP) is -2.30. The summed E-state index contributed by atoms with van der Waals surface area (Å²) < 4.78 is 6.39. The molecule has 1 aromatic rings. The summed E-state index contributed by atoms with van der Waals surface area (Å²) in [6, 6.07) is 3.83. The van der Waals surface area contributed by atoms with Crippen molar-refractivity contribution in [3.05, 3.63) is 36.2 Å². The van der Waals surface area contributed by atoms with Gasteiger partial charge in [0.25, 0.3) is 0 Å². The Hall–Kier alpha value is -0.910. The Morgan fingerprint density at radius 1 is 1.43 bits per heavy atom. The van der Waals surface area contributed by atoms with Gasteiger partial charge in [-0.1, -0.05) is 0 Å². The van der Waals surface area contributed by atoms with E-state index in [0.717, 1.165) is 5.56 Å². The van der Waals surface area contributed by atoms with Crippen LogP contribution in [0, 0.1) is 0 Å². The SMILES string of the molecule is COC(=O)/C=C/c1cc[n+](C)cc1.[I-]. The fraction of sp³-hybridized carbons (Fsp3) is 0.200. The summed E-state index contributed by atoms with van der Waals surface area (Å²) in [5, 5.41) is 0. The third-order valence-corrected chi connectivity index (χ3v) is 1.62. The molecule has 0 aromatic carbocycles. The van der Waals surface area contributed by atoms with Crippen molar-refractivity contribution in [1.29, 1.82) is 0 Å². The van der Waals surface area contributed by atoms with Gasteiger partial charge in [-0.2, -0.15) is 0 Å². The molecule has 3 nitrogen and oxygen atoms in total. The second kappa shape index (κ2) is 6.53. The predicted molar refractivity (Wildman–Crippen MR) is 48.7 cm³/mol. The second-order valence-electron chi connectivity index (χ2n) is 2.65. The molecule has 0 radical (unpaired) electrons. The minimum absolute atomic E-state index is 0. The topological polar surface area (TPSA) is 30.2 Å². The van der Waals surface area contributed by atoms with Gasteiger partial charge in [0.1, 0.15) is 7.05 Å². The Labute approximate surface area is 100 Å². The van der Waals surface area contributed by atoms with E-state index in [-0.39, 0.29) is 29.9 Å². The third kappa shape index (κ3) is 4.36. The van der Waals surface area contributed by atoms with E-state index < -0.39 is 0 Å². The highest BCUT2D eigenvalue weighted by molar-refractivity contribution is 5.86. The lowest BCUT2D eigenvalue weighted by Gasteiger charge is -1.91. The monoisotopic (exact) mass is 305 g/mol. The number of hydrogen-bond donors (Lipinski definition) is 0. The first kappa shape index (κ1) is 13.1. The van der Waals surface area contributed by atoms with Gasteiger partial charge in [-0.05, 0) is 11.6 Å². The molecule has 1 rings (SSSR count). The van der Waals surface area contributed by atoms with Gasteiger partial charge < -0.3 is 28.7 Å². The fourth-order valence-electron chi connectivity index (χ4n) is 0.856. The van der Waals surface area contributed by atoms with Crippen LogP contribution in [-0.2, 0) is 16.6 Å². The van der Waals surface area contributed by atoms with E-state index in [2.05, 4.69) is 4.74 Å². The standard InChI is InChI=1S/C10H12NO2.HI/c1-11-7-5-9(6-8-11)3-4-10(12)13-2;/h3-8H,1-2H3;1H/q+1;/p-1/b4-3+;. The number of pyridine rings is 1. The van der Waals surface area contributed by atoms with Crippen LogP contribution in [0.4, 0.5) is 0 Å². The van der Waals surface area contributed by atoms with Crippen LogP contribution >= 0.6 is 0 Å². The van der Waals surface area contributed by atoms with Crippen molar-refractivity contribution >= 4 is 12.0 Å². The molecule has 0 bridgehead atoms. The smallest absolute Gasteiger partial charge is 0.330 e. The first-order valence-corrected chi connectivity index (χ1v) is 3.93. The van der Waals surface area contributed by atoms with Gasteiger partial charge in [0.05, 0.1) is 7.11 Å². The number of ether oxygens (including phenoxy) is 1. The van der Waals surface area contributed by atoms with Gasteiger partial charge >= 0.3 is 5.97 Å². The molecule has 0 aliphatic carbocycles. The third-order valence-electron chi connectivity index (χ3n) is 1.62. The molecule has 0 amide bonds. The number of nitrogens with zero attached hydrogens (tertiary/aromatic N) is 1. The first-order valence-electron chi connectivity index (χ1n) is 3.93. The van der Waals surface area contributed by atoms with Crippen LogP contribution in [0.2, 0.25) is 0 Å². The van der Waals surface area contributed by atoms with Gasteiger partial charge in [-0.3, -0.25) is 0 Å². The quantitative estimate of drug-likeness (QED) is 0.266. The highest BCUT2D eigenvalue weighted by Crippen LogP contribution is 1.97. The molecule has 0 aliphatic heterocycles. The van der Waals surface area contributed by atoms with Crippen molar-refractivity contribution in [2.24, 2.45) is 7.05 Å². The number of hydrogen-bond acceptors (Lipinski definition) is 2. The molecule has 14 heavy (non-hydrogen) atoms. The molecule has 0 saturated carbocycles.